The molecule has 0 aliphatic rings. The van der Waals surface area contributed by atoms with Gasteiger partial charge in [0.05, 0.1) is 0 Å². The van der Waals surface area contributed by atoms with Gasteiger partial charge < -0.3 is 0 Å². The third kappa shape index (κ3) is 3.19. The highest BCUT2D eigenvalue weighted by molar-refractivity contribution is 6.18. The standard InChI is InChI=1S/C13H19ClFN/c1-10-7-12(15)6-5-11(10)8-16(4)13(2,3)9-14/h5-7H,8-9H2,1-4H3. The first kappa shape index (κ1) is 13.5. The molecule has 16 heavy (non-hydrogen) atoms. The lowest BCUT2D eigenvalue weighted by molar-refractivity contribution is 0.170. The molecule has 0 amide bonds. The van der Waals surface area contributed by atoms with E-state index in [0.717, 1.165) is 17.7 Å². The van der Waals surface area contributed by atoms with Crippen LogP contribution in [-0.4, -0.2) is 23.4 Å². The molecule has 0 aliphatic heterocycles. The molecular weight excluding hydrogens is 225 g/mol. The van der Waals surface area contributed by atoms with E-state index in [9.17, 15) is 4.39 Å². The summed E-state index contributed by atoms with van der Waals surface area (Å²) in [7, 11) is 2.03. The first-order valence-electron chi connectivity index (χ1n) is 5.39. The number of halogens is 2. The molecule has 0 atom stereocenters. The Morgan fingerprint density at radius 2 is 2.00 bits per heavy atom. The van der Waals surface area contributed by atoms with Gasteiger partial charge in [-0.1, -0.05) is 6.07 Å². The van der Waals surface area contributed by atoms with Crippen LogP contribution in [0.4, 0.5) is 4.39 Å². The summed E-state index contributed by atoms with van der Waals surface area (Å²) < 4.78 is 13.0. The highest BCUT2D eigenvalue weighted by Crippen LogP contribution is 2.19. The van der Waals surface area contributed by atoms with Crippen molar-refractivity contribution < 1.29 is 4.39 Å². The maximum absolute atomic E-state index is 13.0. The van der Waals surface area contributed by atoms with E-state index in [-0.39, 0.29) is 11.4 Å². The molecular formula is C13H19ClFN. The topological polar surface area (TPSA) is 3.24 Å². The Morgan fingerprint density at radius 3 is 2.50 bits per heavy atom. The fourth-order valence-corrected chi connectivity index (χ4v) is 1.61. The molecule has 0 bridgehead atoms. The summed E-state index contributed by atoms with van der Waals surface area (Å²) in [5, 5.41) is 0. The lowest BCUT2D eigenvalue weighted by atomic mass is 10.0. The predicted octanol–water partition coefficient (Wildman–Crippen LogP) is 3.58. The number of hydrogen-bond acceptors (Lipinski definition) is 1. The van der Waals surface area contributed by atoms with Crippen LogP contribution in [0, 0.1) is 12.7 Å². The summed E-state index contributed by atoms with van der Waals surface area (Å²) in [6.07, 6.45) is 0. The molecule has 0 heterocycles. The van der Waals surface area contributed by atoms with Crippen LogP contribution in [-0.2, 0) is 6.54 Å². The van der Waals surface area contributed by atoms with Crippen LogP contribution in [0.15, 0.2) is 18.2 Å². The minimum Gasteiger partial charge on any atom is -0.296 e. The van der Waals surface area contributed by atoms with Crippen molar-refractivity contribution in [3.63, 3.8) is 0 Å². The zero-order chi connectivity index (χ0) is 12.3. The molecule has 0 unspecified atom stereocenters. The SMILES string of the molecule is Cc1cc(F)ccc1CN(C)C(C)(C)CCl. The quantitative estimate of drug-likeness (QED) is 0.731. The molecule has 1 nitrogen and oxygen atoms in total. The number of aryl methyl sites for hydroxylation is 1. The van der Waals surface area contributed by atoms with E-state index in [2.05, 4.69) is 18.7 Å². The Bertz CT molecular complexity index is 363. The predicted molar refractivity (Wildman–Crippen MR) is 67.4 cm³/mol. The summed E-state index contributed by atoms with van der Waals surface area (Å²) in [6, 6.07) is 4.91. The van der Waals surface area contributed by atoms with E-state index < -0.39 is 0 Å². The number of hydrogen-bond donors (Lipinski definition) is 0. The second-order valence-electron chi connectivity index (χ2n) is 4.87. The van der Waals surface area contributed by atoms with Gasteiger partial charge in [0.1, 0.15) is 5.82 Å². The Hall–Kier alpha value is -0.600. The third-order valence-corrected chi connectivity index (χ3v) is 3.73. The van der Waals surface area contributed by atoms with E-state index in [1.54, 1.807) is 6.07 Å². The highest BCUT2D eigenvalue weighted by atomic mass is 35.5. The number of alkyl halides is 1. The van der Waals surface area contributed by atoms with Gasteiger partial charge in [-0.2, -0.15) is 0 Å². The number of nitrogens with zero attached hydrogens (tertiary/aromatic N) is 1. The van der Waals surface area contributed by atoms with Crippen LogP contribution in [0.2, 0.25) is 0 Å². The molecule has 0 saturated heterocycles. The fraction of sp³-hybridized carbons (Fsp3) is 0.538. The van der Waals surface area contributed by atoms with E-state index in [4.69, 9.17) is 11.6 Å². The maximum Gasteiger partial charge on any atom is 0.123 e. The summed E-state index contributed by atoms with van der Waals surface area (Å²) >= 11 is 5.92. The van der Waals surface area contributed by atoms with Crippen LogP contribution >= 0.6 is 11.6 Å². The number of benzene rings is 1. The lowest BCUT2D eigenvalue weighted by Gasteiger charge is -2.34. The van der Waals surface area contributed by atoms with Crippen molar-refractivity contribution in [2.45, 2.75) is 32.9 Å². The van der Waals surface area contributed by atoms with Gasteiger partial charge in [0.2, 0.25) is 0 Å². The van der Waals surface area contributed by atoms with Crippen molar-refractivity contribution in [3.8, 4) is 0 Å². The summed E-state index contributed by atoms with van der Waals surface area (Å²) in [5.74, 6) is 0.393. The van der Waals surface area contributed by atoms with Crippen molar-refractivity contribution in [3.05, 3.63) is 35.1 Å². The highest BCUT2D eigenvalue weighted by Gasteiger charge is 2.22. The first-order chi connectivity index (χ1) is 7.36. The number of rotatable bonds is 4. The molecule has 1 aromatic carbocycles. The summed E-state index contributed by atoms with van der Waals surface area (Å²) in [6.45, 7) is 6.91. The molecule has 0 aromatic heterocycles. The molecule has 1 aromatic rings. The Kier molecular flexibility index (Phi) is 4.34. The van der Waals surface area contributed by atoms with Crippen molar-refractivity contribution in [1.82, 2.24) is 4.90 Å². The normalized spacial score (nSPS) is 12.2. The third-order valence-electron chi connectivity index (χ3n) is 3.07. The second kappa shape index (κ2) is 5.15. The van der Waals surface area contributed by atoms with Crippen molar-refractivity contribution in [2.75, 3.05) is 12.9 Å². The van der Waals surface area contributed by atoms with Gasteiger partial charge in [-0.05, 0) is 51.1 Å². The van der Waals surface area contributed by atoms with Crippen LogP contribution < -0.4 is 0 Å². The van der Waals surface area contributed by atoms with Gasteiger partial charge >= 0.3 is 0 Å². The van der Waals surface area contributed by atoms with Gasteiger partial charge in [0.25, 0.3) is 0 Å². The molecule has 0 N–H and O–H groups in total. The van der Waals surface area contributed by atoms with E-state index in [1.807, 2.05) is 20.0 Å². The van der Waals surface area contributed by atoms with Gasteiger partial charge in [-0.15, -0.1) is 11.6 Å². The van der Waals surface area contributed by atoms with Crippen molar-refractivity contribution in [1.29, 1.82) is 0 Å². The first-order valence-corrected chi connectivity index (χ1v) is 5.92. The lowest BCUT2D eigenvalue weighted by Crippen LogP contribution is -2.42. The average molecular weight is 244 g/mol. The van der Waals surface area contributed by atoms with Gasteiger partial charge in [-0.3, -0.25) is 4.90 Å². The molecule has 0 aliphatic carbocycles. The van der Waals surface area contributed by atoms with Crippen molar-refractivity contribution >= 4 is 11.6 Å². The molecule has 3 heteroatoms. The molecule has 0 saturated carbocycles. The van der Waals surface area contributed by atoms with E-state index in [0.29, 0.717) is 5.88 Å². The fourth-order valence-electron chi connectivity index (χ4n) is 1.41. The van der Waals surface area contributed by atoms with Gasteiger partial charge in [0, 0.05) is 18.0 Å². The molecule has 0 spiro atoms. The average Bonchev–Trinajstić information content (AvgIpc) is 2.22. The van der Waals surface area contributed by atoms with E-state index >= 15 is 0 Å². The summed E-state index contributed by atoms with van der Waals surface area (Å²) in [4.78, 5) is 2.18. The Labute approximate surface area is 102 Å². The van der Waals surface area contributed by atoms with Crippen LogP contribution in [0.25, 0.3) is 0 Å². The summed E-state index contributed by atoms with van der Waals surface area (Å²) in [5.41, 5.74) is 2.07. The minimum absolute atomic E-state index is 0.0532. The smallest absolute Gasteiger partial charge is 0.123 e. The molecule has 1 rings (SSSR count). The van der Waals surface area contributed by atoms with Crippen LogP contribution in [0.3, 0.4) is 0 Å². The Balaban J connectivity index is 2.81. The largest absolute Gasteiger partial charge is 0.296 e. The molecule has 0 radical (unpaired) electrons. The zero-order valence-corrected chi connectivity index (χ0v) is 11.1. The molecule has 90 valence electrons. The van der Waals surface area contributed by atoms with Gasteiger partial charge in [0.15, 0.2) is 0 Å². The van der Waals surface area contributed by atoms with Crippen LogP contribution in [0.1, 0.15) is 25.0 Å². The molecule has 0 fully saturated rings. The zero-order valence-electron chi connectivity index (χ0n) is 10.3. The van der Waals surface area contributed by atoms with Crippen molar-refractivity contribution in [2.24, 2.45) is 0 Å². The van der Waals surface area contributed by atoms with E-state index in [1.165, 1.54) is 6.07 Å². The second-order valence-corrected chi connectivity index (χ2v) is 5.14. The monoisotopic (exact) mass is 243 g/mol. The Morgan fingerprint density at radius 1 is 1.38 bits per heavy atom. The van der Waals surface area contributed by atoms with Crippen LogP contribution in [0.5, 0.6) is 0 Å². The minimum atomic E-state index is -0.180. The maximum atomic E-state index is 13.0. The van der Waals surface area contributed by atoms with Gasteiger partial charge in [-0.25, -0.2) is 4.39 Å².